The quantitative estimate of drug-likeness (QED) is 0.868. The minimum Gasteiger partial charge on any atom is -0.350 e. The Morgan fingerprint density at radius 2 is 2.00 bits per heavy atom. The number of piperidine rings is 1. The fourth-order valence-electron chi connectivity index (χ4n) is 4.86. The number of rotatable bonds is 5. The first kappa shape index (κ1) is 18.7. The van der Waals surface area contributed by atoms with Crippen molar-refractivity contribution >= 4 is 11.8 Å². The number of amides is 2. The van der Waals surface area contributed by atoms with Crippen molar-refractivity contribution < 1.29 is 9.59 Å². The summed E-state index contributed by atoms with van der Waals surface area (Å²) in [7, 11) is 0. The van der Waals surface area contributed by atoms with Crippen LogP contribution in [-0.4, -0.2) is 34.3 Å². The number of nitrogens with one attached hydrogen (secondary N) is 1. The van der Waals surface area contributed by atoms with Crippen molar-refractivity contribution in [1.82, 2.24) is 15.2 Å². The molecule has 146 valence electrons. The highest BCUT2D eigenvalue weighted by Crippen LogP contribution is 2.48. The number of carbonyl (C=O) groups excluding carboxylic acids is 2. The van der Waals surface area contributed by atoms with E-state index in [4.69, 9.17) is 0 Å². The van der Waals surface area contributed by atoms with Crippen molar-refractivity contribution in [3.05, 3.63) is 65.5 Å². The van der Waals surface area contributed by atoms with Gasteiger partial charge >= 0.3 is 0 Å². The zero-order valence-electron chi connectivity index (χ0n) is 16.4. The van der Waals surface area contributed by atoms with E-state index in [9.17, 15) is 9.59 Å². The number of hydrogen-bond donors (Lipinski definition) is 1. The van der Waals surface area contributed by atoms with Gasteiger partial charge in [-0.05, 0) is 43.9 Å². The number of carbonyl (C=O) groups is 2. The van der Waals surface area contributed by atoms with Gasteiger partial charge in [0.25, 0.3) is 5.91 Å². The Bertz CT molecular complexity index is 867. The van der Waals surface area contributed by atoms with E-state index >= 15 is 0 Å². The van der Waals surface area contributed by atoms with Crippen LogP contribution >= 0.6 is 0 Å². The van der Waals surface area contributed by atoms with Gasteiger partial charge in [0.2, 0.25) is 5.91 Å². The second-order valence-electron chi connectivity index (χ2n) is 8.12. The Morgan fingerprint density at radius 1 is 1.18 bits per heavy atom. The molecule has 0 spiro atoms. The predicted octanol–water partition coefficient (Wildman–Crippen LogP) is 3.48. The second-order valence-corrected chi connectivity index (χ2v) is 8.12. The van der Waals surface area contributed by atoms with Gasteiger partial charge in [0.15, 0.2) is 0 Å². The Hall–Kier alpha value is -2.69. The molecule has 1 aromatic heterocycles. The topological polar surface area (TPSA) is 62.3 Å². The van der Waals surface area contributed by atoms with E-state index in [0.29, 0.717) is 25.2 Å². The Kier molecular flexibility index (Phi) is 5.16. The van der Waals surface area contributed by atoms with Gasteiger partial charge in [0, 0.05) is 36.7 Å². The lowest BCUT2D eigenvalue weighted by Crippen LogP contribution is -2.55. The van der Waals surface area contributed by atoms with Crippen LogP contribution in [0.15, 0.2) is 48.5 Å². The number of likely N-dealkylation sites (tertiary alicyclic amines) is 1. The largest absolute Gasteiger partial charge is 0.350 e. The first-order valence-electron chi connectivity index (χ1n) is 10.1. The SMILES string of the molecule is Cc1cccc(C(=O)NC[C@@]23CCC[C@H]2N(Cc2ccccc2)C(=O)CC3)n1. The molecular weight excluding hydrogens is 350 g/mol. The van der Waals surface area contributed by atoms with Crippen molar-refractivity contribution in [1.29, 1.82) is 0 Å². The van der Waals surface area contributed by atoms with Gasteiger partial charge in [-0.2, -0.15) is 0 Å². The molecule has 2 heterocycles. The van der Waals surface area contributed by atoms with E-state index in [-0.39, 0.29) is 23.3 Å². The average Bonchev–Trinajstić information content (AvgIpc) is 3.14. The van der Waals surface area contributed by atoms with Crippen LogP contribution in [0.3, 0.4) is 0 Å². The zero-order chi connectivity index (χ0) is 19.6. The van der Waals surface area contributed by atoms with Crippen molar-refractivity contribution in [2.24, 2.45) is 5.41 Å². The third-order valence-corrected chi connectivity index (χ3v) is 6.31. The molecule has 1 N–H and O–H groups in total. The standard InChI is InChI=1S/C23H27N3O2/c1-17-7-5-10-19(25-17)22(28)24-16-23-13-6-11-20(23)26(21(27)12-14-23)15-18-8-3-2-4-9-18/h2-5,7-10,20H,6,11-16H2,1H3,(H,24,28)/t20-,23+/m1/s1. The van der Waals surface area contributed by atoms with Crippen LogP contribution in [0, 0.1) is 12.3 Å². The van der Waals surface area contributed by atoms with Crippen LogP contribution in [0.5, 0.6) is 0 Å². The van der Waals surface area contributed by atoms with E-state index < -0.39 is 0 Å². The van der Waals surface area contributed by atoms with Gasteiger partial charge in [0.05, 0.1) is 0 Å². The molecule has 5 heteroatoms. The van der Waals surface area contributed by atoms with Crippen LogP contribution in [-0.2, 0) is 11.3 Å². The Labute approximate surface area is 166 Å². The molecule has 0 bridgehead atoms. The molecule has 2 aliphatic rings. The van der Waals surface area contributed by atoms with E-state index in [0.717, 1.165) is 36.9 Å². The number of nitrogens with zero attached hydrogens (tertiary/aromatic N) is 2. The molecule has 1 aliphatic heterocycles. The molecule has 0 unspecified atom stereocenters. The van der Waals surface area contributed by atoms with Gasteiger partial charge < -0.3 is 10.2 Å². The van der Waals surface area contributed by atoms with Crippen molar-refractivity contribution in [3.63, 3.8) is 0 Å². The average molecular weight is 377 g/mol. The summed E-state index contributed by atoms with van der Waals surface area (Å²) in [6.07, 6.45) is 4.57. The van der Waals surface area contributed by atoms with Crippen molar-refractivity contribution in [2.75, 3.05) is 6.54 Å². The van der Waals surface area contributed by atoms with E-state index in [1.54, 1.807) is 6.07 Å². The zero-order valence-corrected chi connectivity index (χ0v) is 16.4. The minimum atomic E-state index is -0.129. The molecule has 2 fully saturated rings. The predicted molar refractivity (Wildman–Crippen MR) is 108 cm³/mol. The summed E-state index contributed by atoms with van der Waals surface area (Å²) in [5.74, 6) is 0.105. The maximum atomic E-state index is 12.7. The van der Waals surface area contributed by atoms with Gasteiger partial charge in [-0.1, -0.05) is 42.8 Å². The smallest absolute Gasteiger partial charge is 0.269 e. The third kappa shape index (κ3) is 3.66. The fourth-order valence-corrected chi connectivity index (χ4v) is 4.86. The maximum Gasteiger partial charge on any atom is 0.269 e. The summed E-state index contributed by atoms with van der Waals surface area (Å²) >= 11 is 0. The lowest BCUT2D eigenvalue weighted by Gasteiger charge is -2.46. The van der Waals surface area contributed by atoms with Gasteiger partial charge in [-0.25, -0.2) is 4.98 Å². The molecule has 1 saturated heterocycles. The highest BCUT2D eigenvalue weighted by molar-refractivity contribution is 5.92. The molecule has 4 rings (SSSR count). The number of pyridine rings is 1. The molecular formula is C23H27N3O2. The normalized spacial score (nSPS) is 24.1. The van der Waals surface area contributed by atoms with Crippen molar-refractivity contribution in [2.45, 2.75) is 51.6 Å². The Balaban J connectivity index is 1.49. The lowest BCUT2D eigenvalue weighted by molar-refractivity contribution is -0.142. The number of hydrogen-bond acceptors (Lipinski definition) is 3. The van der Waals surface area contributed by atoms with Crippen LogP contribution in [0.2, 0.25) is 0 Å². The maximum absolute atomic E-state index is 12.7. The highest BCUT2D eigenvalue weighted by atomic mass is 16.2. The van der Waals surface area contributed by atoms with Gasteiger partial charge in [-0.3, -0.25) is 9.59 Å². The van der Waals surface area contributed by atoms with Crippen LogP contribution in [0.25, 0.3) is 0 Å². The molecule has 28 heavy (non-hydrogen) atoms. The monoisotopic (exact) mass is 377 g/mol. The summed E-state index contributed by atoms with van der Waals surface area (Å²) in [6, 6.07) is 15.9. The Morgan fingerprint density at radius 3 is 2.79 bits per heavy atom. The molecule has 1 aromatic carbocycles. The van der Waals surface area contributed by atoms with E-state index in [2.05, 4.69) is 27.3 Å². The van der Waals surface area contributed by atoms with Gasteiger partial charge in [-0.15, -0.1) is 0 Å². The fraction of sp³-hybridized carbons (Fsp3) is 0.435. The summed E-state index contributed by atoms with van der Waals surface area (Å²) in [6.45, 7) is 3.14. The second kappa shape index (κ2) is 7.74. The summed E-state index contributed by atoms with van der Waals surface area (Å²) in [5, 5.41) is 3.12. The summed E-state index contributed by atoms with van der Waals surface area (Å²) < 4.78 is 0. The first-order valence-corrected chi connectivity index (χ1v) is 10.1. The first-order chi connectivity index (χ1) is 13.6. The number of aromatic nitrogens is 1. The molecule has 1 saturated carbocycles. The van der Waals surface area contributed by atoms with Gasteiger partial charge in [0.1, 0.15) is 5.69 Å². The number of benzene rings is 1. The van der Waals surface area contributed by atoms with Crippen molar-refractivity contribution in [3.8, 4) is 0 Å². The number of fused-ring (bicyclic) bond motifs is 1. The van der Waals surface area contributed by atoms with E-state index in [1.165, 1.54) is 0 Å². The van der Waals surface area contributed by atoms with E-state index in [1.807, 2.05) is 37.3 Å². The van der Waals surface area contributed by atoms with Crippen LogP contribution < -0.4 is 5.32 Å². The lowest BCUT2D eigenvalue weighted by atomic mass is 9.74. The van der Waals surface area contributed by atoms with Crippen LogP contribution in [0.1, 0.15) is 53.8 Å². The summed E-state index contributed by atoms with van der Waals surface area (Å²) in [4.78, 5) is 31.7. The third-order valence-electron chi connectivity index (χ3n) is 6.31. The molecule has 2 amide bonds. The molecule has 1 aliphatic carbocycles. The highest BCUT2D eigenvalue weighted by Gasteiger charge is 2.50. The molecule has 0 radical (unpaired) electrons. The van der Waals surface area contributed by atoms with Crippen LogP contribution in [0.4, 0.5) is 0 Å². The minimum absolute atomic E-state index is 0.0256. The molecule has 5 nitrogen and oxygen atoms in total. The molecule has 2 aromatic rings. The summed E-state index contributed by atoms with van der Waals surface area (Å²) in [5.41, 5.74) is 2.43. The number of aryl methyl sites for hydroxylation is 1. The molecule has 2 atom stereocenters.